The lowest BCUT2D eigenvalue weighted by molar-refractivity contribution is -0.141. The van der Waals surface area contributed by atoms with E-state index in [0.717, 1.165) is 0 Å². The van der Waals surface area contributed by atoms with Gasteiger partial charge in [0.2, 0.25) is 6.04 Å². The van der Waals surface area contributed by atoms with Gasteiger partial charge < -0.3 is 5.11 Å². The number of hydrogen-bond donors (Lipinski definition) is 1. The summed E-state index contributed by atoms with van der Waals surface area (Å²) < 4.78 is 37.6. The molecule has 1 aromatic carbocycles. The summed E-state index contributed by atoms with van der Waals surface area (Å²) in [5.74, 6) is -3.18. The summed E-state index contributed by atoms with van der Waals surface area (Å²) in [4.78, 5) is 22.1. The molecule has 120 valence electrons. The Kier molecular flexibility index (Phi) is 6.16. The zero-order valence-corrected chi connectivity index (χ0v) is 12.6. The molecule has 0 radical (unpaired) electrons. The molecule has 0 saturated heterocycles. The number of aliphatic carboxylic acids is 1. The largest absolute Gasteiger partial charge is 0.479 e. The van der Waals surface area contributed by atoms with E-state index in [1.54, 1.807) is 0 Å². The summed E-state index contributed by atoms with van der Waals surface area (Å²) >= 11 is 16.5. The Bertz CT molecular complexity index is 612. The highest BCUT2D eigenvalue weighted by Gasteiger charge is 2.32. The van der Waals surface area contributed by atoms with E-state index in [2.05, 4.69) is 10.2 Å². The van der Waals surface area contributed by atoms with Crippen molar-refractivity contribution in [2.75, 3.05) is 5.88 Å². The van der Waals surface area contributed by atoms with Gasteiger partial charge in [0, 0.05) is 0 Å². The number of halogens is 6. The van der Waals surface area contributed by atoms with Gasteiger partial charge in [-0.2, -0.15) is 23.4 Å². The number of hydrogen-bond acceptors (Lipinski definition) is 4. The zero-order chi connectivity index (χ0) is 17.1. The molecule has 22 heavy (non-hydrogen) atoms. The second-order valence-electron chi connectivity index (χ2n) is 3.84. The van der Waals surface area contributed by atoms with Crippen molar-refractivity contribution in [3.63, 3.8) is 0 Å². The van der Waals surface area contributed by atoms with Crippen LogP contribution in [0.15, 0.2) is 22.4 Å². The van der Waals surface area contributed by atoms with Gasteiger partial charge in [-0.25, -0.2) is 4.79 Å². The van der Waals surface area contributed by atoms with Crippen molar-refractivity contribution in [3.05, 3.63) is 27.7 Å². The van der Waals surface area contributed by atoms with Crippen molar-refractivity contribution in [2.24, 2.45) is 10.2 Å². The molecule has 0 aliphatic rings. The van der Waals surface area contributed by atoms with E-state index in [0.29, 0.717) is 12.1 Å². The van der Waals surface area contributed by atoms with Crippen LogP contribution < -0.4 is 0 Å². The second-order valence-corrected chi connectivity index (χ2v) is 4.92. The first kappa shape index (κ1) is 18.7. The van der Waals surface area contributed by atoms with Crippen molar-refractivity contribution in [1.29, 1.82) is 0 Å². The van der Waals surface area contributed by atoms with E-state index < -0.39 is 45.5 Å². The highest BCUT2D eigenvalue weighted by molar-refractivity contribution is 6.38. The van der Waals surface area contributed by atoms with Gasteiger partial charge in [0.15, 0.2) is 5.78 Å². The zero-order valence-electron chi connectivity index (χ0n) is 10.4. The van der Waals surface area contributed by atoms with Gasteiger partial charge in [0.25, 0.3) is 0 Å². The third kappa shape index (κ3) is 4.56. The molecule has 0 aromatic heterocycles. The standard InChI is InChI=1S/C11H6Cl3F3N2O3/c12-3-7(20)9(10(21)22)19-18-8-5(13)1-4(2-6(8)14)11(15,16)17/h1-2,9H,3H2,(H,21,22). The fourth-order valence-electron chi connectivity index (χ4n) is 1.26. The van der Waals surface area contributed by atoms with Crippen molar-refractivity contribution in [2.45, 2.75) is 12.2 Å². The van der Waals surface area contributed by atoms with Gasteiger partial charge in [0.1, 0.15) is 5.69 Å². The van der Waals surface area contributed by atoms with Gasteiger partial charge in [-0.3, -0.25) is 4.79 Å². The summed E-state index contributed by atoms with van der Waals surface area (Å²) in [6.07, 6.45) is -4.67. The molecule has 11 heteroatoms. The highest BCUT2D eigenvalue weighted by Crippen LogP contribution is 2.40. The number of azo groups is 1. The third-order valence-corrected chi connectivity index (χ3v) is 3.13. The summed E-state index contributed by atoms with van der Waals surface area (Å²) in [7, 11) is 0. The number of nitrogens with zero attached hydrogens (tertiary/aromatic N) is 2. The fraction of sp³-hybridized carbons (Fsp3) is 0.273. The van der Waals surface area contributed by atoms with E-state index in [4.69, 9.17) is 39.9 Å². The number of rotatable bonds is 5. The monoisotopic (exact) mass is 376 g/mol. The van der Waals surface area contributed by atoms with Crippen LogP contribution in [0, 0.1) is 0 Å². The Morgan fingerprint density at radius 1 is 1.23 bits per heavy atom. The third-order valence-electron chi connectivity index (χ3n) is 2.29. The van der Waals surface area contributed by atoms with Crippen molar-refractivity contribution >= 4 is 52.2 Å². The Hall–Kier alpha value is -1.38. The molecule has 5 nitrogen and oxygen atoms in total. The van der Waals surface area contributed by atoms with E-state index in [1.807, 2.05) is 0 Å². The predicted octanol–water partition coefficient (Wildman–Crippen LogP) is 4.36. The maximum absolute atomic E-state index is 12.5. The van der Waals surface area contributed by atoms with Crippen molar-refractivity contribution in [3.8, 4) is 0 Å². The van der Waals surface area contributed by atoms with E-state index >= 15 is 0 Å². The van der Waals surface area contributed by atoms with Gasteiger partial charge >= 0.3 is 12.1 Å². The highest BCUT2D eigenvalue weighted by atomic mass is 35.5. The molecule has 0 aliphatic carbocycles. The van der Waals surface area contributed by atoms with Crippen molar-refractivity contribution in [1.82, 2.24) is 0 Å². The van der Waals surface area contributed by atoms with Crippen LogP contribution in [-0.4, -0.2) is 28.8 Å². The predicted molar refractivity (Wildman–Crippen MR) is 73.1 cm³/mol. The van der Waals surface area contributed by atoms with Crippen LogP contribution in [0.3, 0.4) is 0 Å². The Balaban J connectivity index is 3.20. The van der Waals surface area contributed by atoms with Crippen LogP contribution in [0.4, 0.5) is 18.9 Å². The number of carboxylic acid groups (broad SMARTS) is 1. The van der Waals surface area contributed by atoms with Crippen LogP contribution in [0.1, 0.15) is 5.56 Å². The Morgan fingerprint density at radius 3 is 2.09 bits per heavy atom. The number of carbonyl (C=O) groups is 2. The van der Waals surface area contributed by atoms with E-state index in [-0.39, 0.29) is 5.69 Å². The van der Waals surface area contributed by atoms with Gasteiger partial charge in [0.05, 0.1) is 21.5 Å². The molecule has 1 aromatic rings. The molecule has 1 N–H and O–H groups in total. The van der Waals surface area contributed by atoms with Gasteiger partial charge in [-0.15, -0.1) is 11.6 Å². The summed E-state index contributed by atoms with van der Waals surface area (Å²) in [6.45, 7) is 0. The molecule has 0 spiro atoms. The molecule has 1 rings (SSSR count). The fourth-order valence-corrected chi connectivity index (χ4v) is 1.97. The summed E-state index contributed by atoms with van der Waals surface area (Å²) in [6, 6.07) is -0.783. The minimum Gasteiger partial charge on any atom is -0.479 e. The molecular formula is C11H6Cl3F3N2O3. The van der Waals surface area contributed by atoms with Crippen LogP contribution in [0.2, 0.25) is 10.0 Å². The normalized spacial score (nSPS) is 13.4. The first-order chi connectivity index (χ1) is 10.1. The van der Waals surface area contributed by atoms with E-state index in [9.17, 15) is 22.8 Å². The summed E-state index contributed by atoms with van der Waals surface area (Å²) in [5.41, 5.74) is -1.49. The number of ketones is 1. The maximum atomic E-state index is 12.5. The van der Waals surface area contributed by atoms with Crippen LogP contribution >= 0.6 is 34.8 Å². The SMILES string of the molecule is O=C(O)C(N=Nc1c(Cl)cc(C(F)(F)F)cc1Cl)C(=O)CCl. The van der Waals surface area contributed by atoms with Crippen molar-refractivity contribution < 1.29 is 27.9 Å². The quantitative estimate of drug-likeness (QED) is 0.470. The Labute approximate surface area is 136 Å². The van der Waals surface area contributed by atoms with Gasteiger partial charge in [-0.1, -0.05) is 23.2 Å². The average Bonchev–Trinajstić information content (AvgIpc) is 2.39. The number of carboxylic acids is 1. The number of alkyl halides is 4. The van der Waals surface area contributed by atoms with Crippen LogP contribution in [-0.2, 0) is 15.8 Å². The first-order valence-electron chi connectivity index (χ1n) is 5.36. The van der Waals surface area contributed by atoms with Gasteiger partial charge in [-0.05, 0) is 12.1 Å². The topological polar surface area (TPSA) is 79.1 Å². The van der Waals surface area contributed by atoms with E-state index in [1.165, 1.54) is 0 Å². The molecule has 0 amide bonds. The molecule has 0 saturated carbocycles. The average molecular weight is 378 g/mol. The second kappa shape index (κ2) is 7.26. The smallest absolute Gasteiger partial charge is 0.416 e. The number of Topliss-reactive ketones (excluding diaryl/α,β-unsaturated/α-hetero) is 1. The molecule has 0 bridgehead atoms. The minimum atomic E-state index is -4.67. The molecule has 0 fully saturated rings. The number of carbonyl (C=O) groups excluding carboxylic acids is 1. The molecule has 1 unspecified atom stereocenters. The maximum Gasteiger partial charge on any atom is 0.416 e. The summed E-state index contributed by atoms with van der Waals surface area (Å²) in [5, 5.41) is 14.4. The molecule has 0 heterocycles. The van der Waals surface area contributed by atoms with Crippen LogP contribution in [0.5, 0.6) is 0 Å². The van der Waals surface area contributed by atoms with Crippen LogP contribution in [0.25, 0.3) is 0 Å². The number of benzene rings is 1. The lowest BCUT2D eigenvalue weighted by atomic mass is 10.2. The molecule has 1 atom stereocenters. The molecule has 0 aliphatic heterocycles. The minimum absolute atomic E-state index is 0.384. The lowest BCUT2D eigenvalue weighted by Crippen LogP contribution is -2.28. The molecular weight excluding hydrogens is 371 g/mol. The first-order valence-corrected chi connectivity index (χ1v) is 6.65. The Morgan fingerprint density at radius 2 is 1.73 bits per heavy atom. The lowest BCUT2D eigenvalue weighted by Gasteiger charge is -2.09.